The fourth-order valence-electron chi connectivity index (χ4n) is 2.60. The van der Waals surface area contributed by atoms with Gasteiger partial charge in [-0.1, -0.05) is 42.5 Å². The molecule has 0 aromatic heterocycles. The summed E-state index contributed by atoms with van der Waals surface area (Å²) in [6, 6.07) is 16.3. The summed E-state index contributed by atoms with van der Waals surface area (Å²) in [5.41, 5.74) is 1.49. The fourth-order valence-corrected chi connectivity index (χ4v) is 4.51. The first-order chi connectivity index (χ1) is 13.5. The Hall–Kier alpha value is -2.40. The number of carbonyl (C=O) groups is 1. The van der Waals surface area contributed by atoms with Crippen LogP contribution in [0.2, 0.25) is 0 Å². The topological polar surface area (TPSA) is 73.9 Å². The lowest BCUT2D eigenvalue weighted by Gasteiger charge is -2.27. The lowest BCUT2D eigenvalue weighted by atomic mass is 10.2. The molecule has 0 aliphatic carbocycles. The van der Waals surface area contributed by atoms with Gasteiger partial charge < -0.3 is 19.1 Å². The van der Waals surface area contributed by atoms with Gasteiger partial charge in [-0.15, -0.1) is 0 Å². The maximum atomic E-state index is 13.3. The molecule has 2 aromatic carbocycles. The van der Waals surface area contributed by atoms with Crippen LogP contribution in [-0.4, -0.2) is 26.2 Å². The van der Waals surface area contributed by atoms with E-state index in [2.05, 4.69) is 5.32 Å². The van der Waals surface area contributed by atoms with Crippen molar-refractivity contribution < 1.29 is 23.1 Å². The van der Waals surface area contributed by atoms with Gasteiger partial charge in [0.15, 0.2) is 5.78 Å². The molecular formula is C21H26NO5P. The number of benzene rings is 2. The molecule has 0 radical (unpaired) electrons. The summed E-state index contributed by atoms with van der Waals surface area (Å²) in [5, 5.41) is 2.77. The van der Waals surface area contributed by atoms with Crippen LogP contribution in [0.15, 0.2) is 60.7 Å². The van der Waals surface area contributed by atoms with E-state index in [0.29, 0.717) is 5.56 Å². The number of carbonyl (C=O) groups excluding carboxylic acids is 1. The number of amides is 1. The molecule has 0 aliphatic rings. The normalized spacial score (nSPS) is 12.7. The van der Waals surface area contributed by atoms with Gasteiger partial charge in [-0.05, 0) is 43.2 Å². The average Bonchev–Trinajstić information content (AvgIpc) is 2.72. The molecule has 1 atom stereocenters. The number of methoxy groups -OCH3 is 1. The molecule has 0 spiro atoms. The molecule has 1 N–H and O–H groups in total. The number of hydrogen-bond acceptors (Lipinski definition) is 5. The van der Waals surface area contributed by atoms with E-state index in [0.717, 1.165) is 11.3 Å². The highest BCUT2D eigenvalue weighted by Crippen LogP contribution is 2.59. The third-order valence-electron chi connectivity index (χ3n) is 3.87. The van der Waals surface area contributed by atoms with Crippen LogP contribution in [0.4, 0.5) is 0 Å². The predicted molar refractivity (Wildman–Crippen MR) is 110 cm³/mol. The number of ether oxygens (including phenoxy) is 1. The molecule has 2 rings (SSSR count). The molecule has 6 nitrogen and oxygen atoms in total. The molecule has 2 aromatic rings. The second-order valence-corrected chi connectivity index (χ2v) is 7.92. The van der Waals surface area contributed by atoms with Crippen LogP contribution in [-0.2, 0) is 18.4 Å². The Morgan fingerprint density at radius 1 is 1.04 bits per heavy atom. The Kier molecular flexibility index (Phi) is 8.45. The fraction of sp³-hybridized carbons (Fsp3) is 0.286. The first kappa shape index (κ1) is 21.9. The van der Waals surface area contributed by atoms with Gasteiger partial charge in [0, 0.05) is 6.08 Å². The van der Waals surface area contributed by atoms with Crippen molar-refractivity contribution in [1.82, 2.24) is 5.32 Å². The largest absolute Gasteiger partial charge is 0.497 e. The van der Waals surface area contributed by atoms with Crippen molar-refractivity contribution in [3.63, 3.8) is 0 Å². The van der Waals surface area contributed by atoms with Gasteiger partial charge in [0.1, 0.15) is 5.75 Å². The van der Waals surface area contributed by atoms with E-state index in [-0.39, 0.29) is 13.2 Å². The highest BCUT2D eigenvalue weighted by atomic mass is 31.2. The molecule has 28 heavy (non-hydrogen) atoms. The molecule has 0 heterocycles. The Morgan fingerprint density at radius 2 is 1.64 bits per heavy atom. The van der Waals surface area contributed by atoms with Gasteiger partial charge in [-0.3, -0.25) is 9.36 Å². The van der Waals surface area contributed by atoms with Crippen LogP contribution in [0, 0.1) is 0 Å². The Bertz CT molecular complexity index is 810. The molecule has 7 heteroatoms. The number of nitrogens with one attached hydrogen (secondary N) is 1. The molecule has 1 unspecified atom stereocenters. The van der Waals surface area contributed by atoms with Crippen molar-refractivity contribution in [2.45, 2.75) is 19.6 Å². The third-order valence-corrected chi connectivity index (χ3v) is 6.17. The first-order valence-corrected chi connectivity index (χ1v) is 10.7. The van der Waals surface area contributed by atoms with Crippen LogP contribution in [0.3, 0.4) is 0 Å². The second kappa shape index (κ2) is 10.8. The van der Waals surface area contributed by atoms with E-state index in [1.165, 1.54) is 6.08 Å². The molecule has 1 amide bonds. The van der Waals surface area contributed by atoms with Gasteiger partial charge in [0.25, 0.3) is 0 Å². The monoisotopic (exact) mass is 403 g/mol. The van der Waals surface area contributed by atoms with Crippen molar-refractivity contribution in [1.29, 1.82) is 0 Å². The molecular weight excluding hydrogens is 377 g/mol. The van der Waals surface area contributed by atoms with Gasteiger partial charge in [0.05, 0.1) is 20.3 Å². The summed E-state index contributed by atoms with van der Waals surface area (Å²) in [6.45, 7) is 3.88. The zero-order valence-electron chi connectivity index (χ0n) is 16.3. The maximum absolute atomic E-state index is 13.3. The van der Waals surface area contributed by atoms with Gasteiger partial charge in [0.2, 0.25) is 5.91 Å². The van der Waals surface area contributed by atoms with E-state index in [1.807, 2.05) is 42.5 Å². The molecule has 0 aliphatic heterocycles. The zero-order chi connectivity index (χ0) is 20.4. The van der Waals surface area contributed by atoms with Crippen LogP contribution in [0.1, 0.15) is 30.8 Å². The lowest BCUT2D eigenvalue weighted by Crippen LogP contribution is -2.28. The average molecular weight is 403 g/mol. The summed E-state index contributed by atoms with van der Waals surface area (Å²) in [4.78, 5) is 12.5. The minimum absolute atomic E-state index is 0.207. The Balaban J connectivity index is 2.22. The number of rotatable bonds is 10. The van der Waals surface area contributed by atoms with Crippen molar-refractivity contribution in [2.75, 3.05) is 20.3 Å². The first-order valence-electron chi connectivity index (χ1n) is 9.08. The van der Waals surface area contributed by atoms with Crippen LogP contribution in [0.5, 0.6) is 5.75 Å². The van der Waals surface area contributed by atoms with Crippen molar-refractivity contribution in [3.05, 3.63) is 71.8 Å². The molecule has 0 fully saturated rings. The standard InChI is InChI=1S/C21H26NO5P/c1-4-26-28(24,27-5-2)21(18-9-7-6-8-10-18)22-20(23)16-13-17-11-14-19(25-3)15-12-17/h6-16,21H,4-5H2,1-3H3,(H,22,23)/b16-13-. The third kappa shape index (κ3) is 6.06. The van der Waals surface area contributed by atoms with Crippen LogP contribution in [0.25, 0.3) is 6.08 Å². The minimum atomic E-state index is -3.59. The van der Waals surface area contributed by atoms with Crippen molar-refractivity contribution in [3.8, 4) is 5.75 Å². The van der Waals surface area contributed by atoms with Crippen molar-refractivity contribution >= 4 is 19.6 Å². The molecule has 150 valence electrons. The minimum Gasteiger partial charge on any atom is -0.497 e. The van der Waals surface area contributed by atoms with E-state index in [9.17, 15) is 9.36 Å². The van der Waals surface area contributed by atoms with Gasteiger partial charge in [-0.2, -0.15) is 0 Å². The Morgan fingerprint density at radius 3 is 2.18 bits per heavy atom. The summed E-state index contributed by atoms with van der Waals surface area (Å²) in [5.74, 6) is -0.564. The molecule has 0 saturated carbocycles. The van der Waals surface area contributed by atoms with Crippen LogP contribution < -0.4 is 10.1 Å². The maximum Gasteiger partial charge on any atom is 0.357 e. The second-order valence-electron chi connectivity index (χ2n) is 5.80. The van der Waals surface area contributed by atoms with E-state index >= 15 is 0 Å². The van der Waals surface area contributed by atoms with E-state index in [4.69, 9.17) is 13.8 Å². The van der Waals surface area contributed by atoms with Crippen LogP contribution >= 0.6 is 7.60 Å². The summed E-state index contributed by atoms with van der Waals surface area (Å²) in [6.07, 6.45) is 3.06. The van der Waals surface area contributed by atoms with Crippen molar-refractivity contribution in [2.24, 2.45) is 0 Å². The summed E-state index contributed by atoms with van der Waals surface area (Å²) < 4.78 is 29.3. The smallest absolute Gasteiger partial charge is 0.357 e. The van der Waals surface area contributed by atoms with Gasteiger partial charge in [-0.25, -0.2) is 0 Å². The van der Waals surface area contributed by atoms with Gasteiger partial charge >= 0.3 is 7.60 Å². The predicted octanol–water partition coefficient (Wildman–Crippen LogP) is 4.79. The molecule has 0 saturated heterocycles. The zero-order valence-corrected chi connectivity index (χ0v) is 17.2. The SMILES string of the molecule is CCOP(=O)(OCC)C(NC(=O)/C=C\c1ccc(OC)cc1)c1ccccc1. The lowest BCUT2D eigenvalue weighted by molar-refractivity contribution is -0.116. The summed E-state index contributed by atoms with van der Waals surface area (Å²) >= 11 is 0. The summed E-state index contributed by atoms with van der Waals surface area (Å²) in [7, 11) is -2.00. The highest BCUT2D eigenvalue weighted by Gasteiger charge is 2.37. The van der Waals surface area contributed by atoms with E-state index < -0.39 is 19.3 Å². The highest BCUT2D eigenvalue weighted by molar-refractivity contribution is 7.54. The van der Waals surface area contributed by atoms with E-state index in [1.54, 1.807) is 39.2 Å². The quantitative estimate of drug-likeness (QED) is 0.456. The molecule has 0 bridgehead atoms. The Labute approximate surface area is 166 Å². The number of hydrogen-bond donors (Lipinski definition) is 1.